The highest BCUT2D eigenvalue weighted by atomic mass is 35.5. The van der Waals surface area contributed by atoms with Gasteiger partial charge in [-0.1, -0.05) is 37.0 Å². The first-order chi connectivity index (χ1) is 11.8. The Hall–Kier alpha value is -2.11. The number of hydrogen-bond acceptors (Lipinski definition) is 3. The quantitative estimate of drug-likeness (QED) is 0.780. The van der Waals surface area contributed by atoms with Crippen LogP contribution in [0.3, 0.4) is 0 Å². The molecule has 0 fully saturated rings. The number of aromatic nitrogens is 1. The van der Waals surface area contributed by atoms with Gasteiger partial charge in [-0.3, -0.25) is 14.6 Å². The van der Waals surface area contributed by atoms with Crippen LogP contribution in [0.25, 0.3) is 0 Å². The van der Waals surface area contributed by atoms with Crippen LogP contribution in [0.15, 0.2) is 36.5 Å². The van der Waals surface area contributed by atoms with Crippen molar-refractivity contribution in [2.24, 2.45) is 5.92 Å². The molecule has 0 radical (unpaired) electrons. The Labute approximate surface area is 156 Å². The van der Waals surface area contributed by atoms with Crippen molar-refractivity contribution < 1.29 is 9.59 Å². The number of carbonyl (C=O) groups excluding carboxylic acids is 2. The van der Waals surface area contributed by atoms with E-state index in [2.05, 4.69) is 29.5 Å². The molecule has 132 valence electrons. The summed E-state index contributed by atoms with van der Waals surface area (Å²) >= 11 is 11.8. The average Bonchev–Trinajstić information content (AvgIpc) is 2.53. The zero-order valence-corrected chi connectivity index (χ0v) is 15.5. The summed E-state index contributed by atoms with van der Waals surface area (Å²) in [5.41, 5.74) is 0.969. The third kappa shape index (κ3) is 6.03. The molecule has 7 heteroatoms. The van der Waals surface area contributed by atoms with Gasteiger partial charge in [0.05, 0.1) is 0 Å². The summed E-state index contributed by atoms with van der Waals surface area (Å²) in [5.74, 6) is -0.179. The van der Waals surface area contributed by atoms with E-state index < -0.39 is 5.91 Å². The summed E-state index contributed by atoms with van der Waals surface area (Å²) < 4.78 is 0. The van der Waals surface area contributed by atoms with Crippen LogP contribution in [0.4, 0.5) is 5.69 Å². The van der Waals surface area contributed by atoms with Crippen LogP contribution < -0.4 is 10.6 Å². The summed E-state index contributed by atoms with van der Waals surface area (Å²) in [6.07, 6.45) is 2.32. The van der Waals surface area contributed by atoms with Crippen LogP contribution in [0, 0.1) is 5.92 Å². The first kappa shape index (κ1) is 19.2. The van der Waals surface area contributed by atoms with Crippen molar-refractivity contribution in [3.63, 3.8) is 0 Å². The minimum Gasteiger partial charge on any atom is -0.352 e. The van der Waals surface area contributed by atoms with Gasteiger partial charge in [-0.2, -0.15) is 0 Å². The van der Waals surface area contributed by atoms with E-state index in [1.165, 1.54) is 12.3 Å². The SMILES string of the molecule is CC(C)CCNC(=O)c1ccnc(C(=O)Nc2cc(Cl)cc(Cl)c2)c1. The second kappa shape index (κ2) is 8.83. The van der Waals surface area contributed by atoms with Gasteiger partial charge in [0.2, 0.25) is 0 Å². The molecule has 1 aromatic carbocycles. The molecule has 2 rings (SSSR count). The minimum atomic E-state index is -0.449. The van der Waals surface area contributed by atoms with Crippen molar-refractivity contribution >= 4 is 40.7 Å². The summed E-state index contributed by atoms with van der Waals surface area (Å²) in [6, 6.07) is 7.74. The van der Waals surface area contributed by atoms with Crippen molar-refractivity contribution in [2.45, 2.75) is 20.3 Å². The molecule has 0 saturated carbocycles. The molecule has 0 saturated heterocycles. The van der Waals surface area contributed by atoms with Crippen molar-refractivity contribution in [3.05, 3.63) is 57.8 Å². The lowest BCUT2D eigenvalue weighted by molar-refractivity contribution is 0.0952. The van der Waals surface area contributed by atoms with E-state index in [-0.39, 0.29) is 11.6 Å². The summed E-state index contributed by atoms with van der Waals surface area (Å²) in [7, 11) is 0. The summed E-state index contributed by atoms with van der Waals surface area (Å²) in [6.45, 7) is 4.76. The fourth-order valence-corrected chi connectivity index (χ4v) is 2.62. The van der Waals surface area contributed by atoms with Crippen LogP contribution >= 0.6 is 23.2 Å². The number of hydrogen-bond donors (Lipinski definition) is 2. The zero-order chi connectivity index (χ0) is 18.4. The van der Waals surface area contributed by atoms with Crippen LogP contribution in [0.5, 0.6) is 0 Å². The molecular weight excluding hydrogens is 361 g/mol. The maximum Gasteiger partial charge on any atom is 0.274 e. The predicted octanol–water partition coefficient (Wildman–Crippen LogP) is 4.42. The van der Waals surface area contributed by atoms with E-state index in [4.69, 9.17) is 23.2 Å². The number of nitrogens with one attached hydrogen (secondary N) is 2. The molecule has 1 heterocycles. The fraction of sp³-hybridized carbons (Fsp3) is 0.278. The second-order valence-electron chi connectivity index (χ2n) is 5.98. The number of carbonyl (C=O) groups is 2. The van der Waals surface area contributed by atoms with E-state index in [9.17, 15) is 9.59 Å². The molecule has 1 aromatic heterocycles. The Kier molecular flexibility index (Phi) is 6.79. The van der Waals surface area contributed by atoms with Gasteiger partial charge in [0.15, 0.2) is 0 Å². The molecule has 0 aliphatic heterocycles. The van der Waals surface area contributed by atoms with Gasteiger partial charge < -0.3 is 10.6 Å². The maximum atomic E-state index is 12.3. The number of amides is 2. The first-order valence-corrected chi connectivity index (χ1v) is 8.62. The van der Waals surface area contributed by atoms with Crippen molar-refractivity contribution in [2.75, 3.05) is 11.9 Å². The van der Waals surface area contributed by atoms with Gasteiger partial charge in [0.1, 0.15) is 5.69 Å². The number of benzene rings is 1. The number of anilines is 1. The topological polar surface area (TPSA) is 71.1 Å². The third-order valence-corrected chi connectivity index (χ3v) is 3.82. The lowest BCUT2D eigenvalue weighted by Crippen LogP contribution is -2.26. The van der Waals surface area contributed by atoms with E-state index in [1.807, 2.05) is 0 Å². The Balaban J connectivity index is 2.06. The number of pyridine rings is 1. The van der Waals surface area contributed by atoms with Crippen LogP contribution in [0.1, 0.15) is 41.1 Å². The zero-order valence-electron chi connectivity index (χ0n) is 14.0. The Morgan fingerprint density at radius 2 is 1.76 bits per heavy atom. The Morgan fingerprint density at radius 1 is 1.08 bits per heavy atom. The van der Waals surface area contributed by atoms with E-state index >= 15 is 0 Å². The molecule has 5 nitrogen and oxygen atoms in total. The monoisotopic (exact) mass is 379 g/mol. The molecule has 0 bridgehead atoms. The fourth-order valence-electron chi connectivity index (χ4n) is 2.09. The Bertz CT molecular complexity index is 758. The van der Waals surface area contributed by atoms with Gasteiger partial charge in [-0.05, 0) is 42.7 Å². The highest BCUT2D eigenvalue weighted by Crippen LogP contribution is 2.22. The second-order valence-corrected chi connectivity index (χ2v) is 6.85. The van der Waals surface area contributed by atoms with Gasteiger partial charge in [0.25, 0.3) is 11.8 Å². The minimum absolute atomic E-state index is 0.132. The first-order valence-electron chi connectivity index (χ1n) is 7.87. The average molecular weight is 380 g/mol. The normalized spacial score (nSPS) is 10.6. The van der Waals surface area contributed by atoms with E-state index in [1.54, 1.807) is 24.3 Å². The van der Waals surface area contributed by atoms with Crippen molar-refractivity contribution in [1.29, 1.82) is 0 Å². The molecule has 2 N–H and O–H groups in total. The summed E-state index contributed by atoms with van der Waals surface area (Å²) in [5, 5.41) is 6.31. The van der Waals surface area contributed by atoms with E-state index in [0.717, 1.165) is 6.42 Å². The lowest BCUT2D eigenvalue weighted by Gasteiger charge is -2.09. The molecule has 0 aliphatic carbocycles. The summed E-state index contributed by atoms with van der Waals surface area (Å²) in [4.78, 5) is 28.5. The highest BCUT2D eigenvalue weighted by molar-refractivity contribution is 6.35. The standard InChI is InChI=1S/C18H19Cl2N3O2/c1-11(2)3-5-22-17(24)12-4-6-21-16(7-12)18(25)23-15-9-13(19)8-14(20)10-15/h4,6-11H,3,5H2,1-2H3,(H,22,24)(H,23,25). The van der Waals surface area contributed by atoms with Crippen LogP contribution in [0.2, 0.25) is 10.0 Å². The molecule has 0 unspecified atom stereocenters. The van der Waals surface area contributed by atoms with Gasteiger partial charge in [-0.15, -0.1) is 0 Å². The molecule has 0 aliphatic rings. The number of nitrogens with zero attached hydrogens (tertiary/aromatic N) is 1. The predicted molar refractivity (Wildman–Crippen MR) is 100 cm³/mol. The van der Waals surface area contributed by atoms with Crippen molar-refractivity contribution in [3.8, 4) is 0 Å². The molecule has 2 aromatic rings. The number of rotatable bonds is 6. The largest absolute Gasteiger partial charge is 0.352 e. The number of halogens is 2. The van der Waals surface area contributed by atoms with Crippen molar-refractivity contribution in [1.82, 2.24) is 10.3 Å². The van der Waals surface area contributed by atoms with Crippen LogP contribution in [-0.2, 0) is 0 Å². The molecule has 0 atom stereocenters. The molecule has 2 amide bonds. The molecule has 25 heavy (non-hydrogen) atoms. The van der Waals surface area contributed by atoms with Gasteiger partial charge >= 0.3 is 0 Å². The lowest BCUT2D eigenvalue weighted by atomic mass is 10.1. The smallest absolute Gasteiger partial charge is 0.274 e. The highest BCUT2D eigenvalue weighted by Gasteiger charge is 2.12. The van der Waals surface area contributed by atoms with E-state index in [0.29, 0.717) is 33.8 Å². The van der Waals surface area contributed by atoms with Crippen LogP contribution in [-0.4, -0.2) is 23.3 Å². The maximum absolute atomic E-state index is 12.3. The van der Waals surface area contributed by atoms with Gasteiger partial charge in [0, 0.05) is 34.0 Å². The molecular formula is C18H19Cl2N3O2. The van der Waals surface area contributed by atoms with Gasteiger partial charge in [-0.25, -0.2) is 0 Å². The molecule has 0 spiro atoms. The third-order valence-electron chi connectivity index (χ3n) is 3.38. The Morgan fingerprint density at radius 3 is 2.40 bits per heavy atom.